The van der Waals surface area contributed by atoms with E-state index in [1.54, 1.807) is 18.4 Å². The second kappa shape index (κ2) is 6.68. The molecule has 0 spiro atoms. The molecule has 1 amide bonds. The number of amides is 1. The van der Waals surface area contributed by atoms with E-state index >= 15 is 0 Å². The lowest BCUT2D eigenvalue weighted by molar-refractivity contribution is 0.0828. The van der Waals surface area contributed by atoms with Crippen LogP contribution in [0.5, 0.6) is 0 Å². The average Bonchev–Trinajstić information content (AvgIpc) is 2.79. The van der Waals surface area contributed by atoms with Gasteiger partial charge in [0.25, 0.3) is 5.91 Å². The summed E-state index contributed by atoms with van der Waals surface area (Å²) >= 11 is 1.64. The van der Waals surface area contributed by atoms with Crippen molar-refractivity contribution < 1.29 is 9.53 Å². The van der Waals surface area contributed by atoms with Gasteiger partial charge in [0, 0.05) is 23.4 Å². The fourth-order valence-corrected chi connectivity index (χ4v) is 3.06. The normalized spacial score (nSPS) is 12.2. The van der Waals surface area contributed by atoms with Crippen LogP contribution >= 0.6 is 11.3 Å². The number of hydrogen-bond donors (Lipinski definition) is 1. The molecule has 0 aliphatic rings. The number of thiophene rings is 1. The van der Waals surface area contributed by atoms with Crippen LogP contribution in [0.25, 0.3) is 0 Å². The molecule has 1 heterocycles. The first kappa shape index (κ1) is 14.8. The fraction of sp³-hybridized carbons (Fsp3) is 0.312. The Kier molecular flexibility index (Phi) is 4.93. The van der Waals surface area contributed by atoms with Crippen LogP contribution < -0.4 is 5.32 Å². The van der Waals surface area contributed by atoms with Gasteiger partial charge in [0.05, 0.1) is 11.7 Å². The number of aryl methyl sites for hydroxylation is 2. The monoisotopic (exact) mass is 289 g/mol. The molecule has 2 aromatic rings. The summed E-state index contributed by atoms with van der Waals surface area (Å²) in [6.45, 7) is 4.45. The number of ether oxygens (including phenoxy) is 1. The molecule has 1 aromatic carbocycles. The van der Waals surface area contributed by atoms with E-state index < -0.39 is 0 Å². The molecule has 3 nitrogen and oxygen atoms in total. The van der Waals surface area contributed by atoms with Crippen molar-refractivity contribution in [1.29, 1.82) is 0 Å². The molecule has 0 radical (unpaired) electrons. The number of nitrogens with one attached hydrogen (secondary N) is 1. The molecule has 0 saturated heterocycles. The second-order valence-corrected chi connectivity index (χ2v) is 6.13. The molecule has 1 N–H and O–H groups in total. The number of hydrogen-bond acceptors (Lipinski definition) is 3. The van der Waals surface area contributed by atoms with E-state index in [1.165, 1.54) is 0 Å². The molecule has 1 aromatic heterocycles. The largest absolute Gasteiger partial charge is 0.375 e. The van der Waals surface area contributed by atoms with Crippen molar-refractivity contribution in [2.75, 3.05) is 13.7 Å². The number of carbonyl (C=O) groups excluding carboxylic acids is 1. The molecule has 0 aliphatic heterocycles. The summed E-state index contributed by atoms with van der Waals surface area (Å²) in [7, 11) is 1.66. The molecular formula is C16H19NO2S. The molecule has 2 rings (SSSR count). The van der Waals surface area contributed by atoms with Gasteiger partial charge >= 0.3 is 0 Å². The zero-order valence-electron chi connectivity index (χ0n) is 12.0. The quantitative estimate of drug-likeness (QED) is 0.915. The van der Waals surface area contributed by atoms with Crippen LogP contribution in [0.3, 0.4) is 0 Å². The molecular weight excluding hydrogens is 270 g/mol. The van der Waals surface area contributed by atoms with E-state index in [0.29, 0.717) is 6.54 Å². The number of benzene rings is 1. The van der Waals surface area contributed by atoms with Gasteiger partial charge in [-0.1, -0.05) is 30.3 Å². The summed E-state index contributed by atoms with van der Waals surface area (Å²) in [6.07, 6.45) is -0.125. The Morgan fingerprint density at radius 2 is 2.00 bits per heavy atom. The molecule has 106 valence electrons. The Hall–Kier alpha value is -1.65. The molecule has 1 atom stereocenters. The summed E-state index contributed by atoms with van der Waals surface area (Å²) in [5, 5.41) is 2.95. The molecule has 0 saturated carbocycles. The lowest BCUT2D eigenvalue weighted by Crippen LogP contribution is -2.29. The maximum Gasteiger partial charge on any atom is 0.252 e. The second-order valence-electron chi connectivity index (χ2n) is 4.67. The standard InChI is InChI=1S/C16H19NO2S/c1-11-9-14(12(2)20-11)16(18)17-10-15(19-3)13-7-5-4-6-8-13/h4-9,15H,10H2,1-3H3,(H,17,18). The minimum absolute atomic E-state index is 0.0372. The van der Waals surface area contributed by atoms with Gasteiger partial charge in [-0.2, -0.15) is 0 Å². The van der Waals surface area contributed by atoms with Crippen LogP contribution in [0.1, 0.15) is 31.8 Å². The highest BCUT2D eigenvalue weighted by Gasteiger charge is 2.15. The highest BCUT2D eigenvalue weighted by molar-refractivity contribution is 7.12. The molecule has 4 heteroatoms. The summed E-state index contributed by atoms with van der Waals surface area (Å²) in [5.41, 5.74) is 1.82. The van der Waals surface area contributed by atoms with Crippen molar-refractivity contribution in [2.24, 2.45) is 0 Å². The van der Waals surface area contributed by atoms with E-state index in [2.05, 4.69) is 5.32 Å². The van der Waals surface area contributed by atoms with Crippen LogP contribution in [0.2, 0.25) is 0 Å². The predicted molar refractivity (Wildman–Crippen MR) is 82.3 cm³/mol. The lowest BCUT2D eigenvalue weighted by atomic mass is 10.1. The van der Waals surface area contributed by atoms with Gasteiger partial charge in [0.2, 0.25) is 0 Å². The summed E-state index contributed by atoms with van der Waals surface area (Å²) in [6, 6.07) is 11.8. The predicted octanol–water partition coefficient (Wildman–Crippen LogP) is 3.48. The van der Waals surface area contributed by atoms with E-state index in [9.17, 15) is 4.79 Å². The van der Waals surface area contributed by atoms with Gasteiger partial charge in [-0.25, -0.2) is 0 Å². The van der Waals surface area contributed by atoms with Gasteiger partial charge in [-0.15, -0.1) is 11.3 Å². The minimum atomic E-state index is -0.125. The molecule has 0 fully saturated rings. The average molecular weight is 289 g/mol. The van der Waals surface area contributed by atoms with Gasteiger partial charge in [-0.3, -0.25) is 4.79 Å². The van der Waals surface area contributed by atoms with Crippen LogP contribution in [-0.4, -0.2) is 19.6 Å². The third-order valence-electron chi connectivity index (χ3n) is 3.19. The van der Waals surface area contributed by atoms with E-state index in [-0.39, 0.29) is 12.0 Å². The summed E-state index contributed by atoms with van der Waals surface area (Å²) in [5.74, 6) is -0.0372. The first-order valence-electron chi connectivity index (χ1n) is 6.54. The van der Waals surface area contributed by atoms with Crippen molar-refractivity contribution >= 4 is 17.2 Å². The summed E-state index contributed by atoms with van der Waals surface area (Å²) < 4.78 is 5.45. The number of rotatable bonds is 5. The van der Waals surface area contributed by atoms with Crippen molar-refractivity contribution in [3.8, 4) is 0 Å². The fourth-order valence-electron chi connectivity index (χ4n) is 2.14. The highest BCUT2D eigenvalue weighted by Crippen LogP contribution is 2.21. The maximum atomic E-state index is 12.2. The highest BCUT2D eigenvalue weighted by atomic mass is 32.1. The lowest BCUT2D eigenvalue weighted by Gasteiger charge is -2.16. The van der Waals surface area contributed by atoms with Crippen molar-refractivity contribution in [3.05, 3.63) is 57.3 Å². The zero-order chi connectivity index (χ0) is 14.5. The van der Waals surface area contributed by atoms with Gasteiger partial charge < -0.3 is 10.1 Å². The molecule has 0 aliphatic carbocycles. The zero-order valence-corrected chi connectivity index (χ0v) is 12.8. The van der Waals surface area contributed by atoms with Crippen molar-refractivity contribution in [1.82, 2.24) is 5.32 Å². The Morgan fingerprint density at radius 1 is 1.30 bits per heavy atom. The third kappa shape index (κ3) is 3.46. The van der Waals surface area contributed by atoms with Crippen molar-refractivity contribution in [3.63, 3.8) is 0 Å². The van der Waals surface area contributed by atoms with Crippen LogP contribution in [0, 0.1) is 13.8 Å². The number of carbonyl (C=O) groups is 1. The van der Waals surface area contributed by atoms with Crippen LogP contribution in [0.4, 0.5) is 0 Å². The van der Waals surface area contributed by atoms with E-state index in [1.807, 2.05) is 50.2 Å². The van der Waals surface area contributed by atoms with Gasteiger partial charge in [0.15, 0.2) is 0 Å². The molecule has 1 unspecified atom stereocenters. The van der Waals surface area contributed by atoms with Crippen LogP contribution in [0.15, 0.2) is 36.4 Å². The van der Waals surface area contributed by atoms with E-state index in [4.69, 9.17) is 4.74 Å². The Bertz CT molecular complexity index is 577. The topological polar surface area (TPSA) is 38.3 Å². The van der Waals surface area contributed by atoms with E-state index in [0.717, 1.165) is 20.9 Å². The molecule has 20 heavy (non-hydrogen) atoms. The maximum absolute atomic E-state index is 12.2. The van der Waals surface area contributed by atoms with Crippen molar-refractivity contribution in [2.45, 2.75) is 20.0 Å². The first-order valence-corrected chi connectivity index (χ1v) is 7.36. The molecule has 0 bridgehead atoms. The Labute approximate surface area is 123 Å². The Morgan fingerprint density at radius 3 is 2.55 bits per heavy atom. The SMILES string of the molecule is COC(CNC(=O)c1cc(C)sc1C)c1ccccc1. The smallest absolute Gasteiger partial charge is 0.252 e. The van der Waals surface area contributed by atoms with Crippen LogP contribution in [-0.2, 0) is 4.74 Å². The van der Waals surface area contributed by atoms with Gasteiger partial charge in [-0.05, 0) is 25.5 Å². The minimum Gasteiger partial charge on any atom is -0.375 e. The van der Waals surface area contributed by atoms with Gasteiger partial charge in [0.1, 0.15) is 0 Å². The third-order valence-corrected chi connectivity index (χ3v) is 4.16. The first-order chi connectivity index (χ1) is 9.61. The summed E-state index contributed by atoms with van der Waals surface area (Å²) in [4.78, 5) is 14.4. The Balaban J connectivity index is 2.00. The number of methoxy groups -OCH3 is 1.